The first-order valence-corrected chi connectivity index (χ1v) is 9.31. The second-order valence-corrected chi connectivity index (χ2v) is 7.69. The molecule has 29 heavy (non-hydrogen) atoms. The second kappa shape index (κ2) is 6.84. The summed E-state index contributed by atoms with van der Waals surface area (Å²) < 4.78 is 11.3. The number of rotatable bonds is 3. The number of phenolic OH excluding ortho intramolecular Hbond substituents is 3. The maximum Gasteiger partial charge on any atom is 0.311 e. The smallest absolute Gasteiger partial charge is 0.311 e. The van der Waals surface area contributed by atoms with Gasteiger partial charge in [-0.2, -0.15) is 0 Å². The Labute approximate surface area is 165 Å². The average Bonchev–Trinajstić information content (AvgIpc) is 2.62. The van der Waals surface area contributed by atoms with Gasteiger partial charge in [0.15, 0.2) is 16.9 Å². The van der Waals surface area contributed by atoms with Crippen LogP contribution in [0.3, 0.4) is 0 Å². The largest absolute Gasteiger partial charge is 0.507 e. The topological polar surface area (TPSA) is 117 Å². The summed E-state index contributed by atoms with van der Waals surface area (Å²) in [4.78, 5) is 24.8. The molecule has 1 atom stereocenters. The van der Waals surface area contributed by atoms with E-state index < -0.39 is 11.4 Å². The summed E-state index contributed by atoms with van der Waals surface area (Å²) in [5.41, 5.74) is 0.653. The van der Waals surface area contributed by atoms with E-state index in [0.717, 1.165) is 0 Å². The Balaban J connectivity index is 2.01. The van der Waals surface area contributed by atoms with Crippen LogP contribution < -0.4 is 10.2 Å². The van der Waals surface area contributed by atoms with Gasteiger partial charge in [-0.05, 0) is 30.5 Å². The third-order valence-corrected chi connectivity index (χ3v) is 5.04. The van der Waals surface area contributed by atoms with Crippen molar-refractivity contribution in [2.24, 2.45) is 5.92 Å². The fourth-order valence-electron chi connectivity index (χ4n) is 3.84. The van der Waals surface area contributed by atoms with Gasteiger partial charge in [-0.25, -0.2) is 0 Å². The van der Waals surface area contributed by atoms with Gasteiger partial charge in [-0.1, -0.05) is 13.8 Å². The van der Waals surface area contributed by atoms with Crippen molar-refractivity contribution in [1.29, 1.82) is 0 Å². The molecule has 1 aliphatic rings. The van der Waals surface area contributed by atoms with Crippen LogP contribution in [0.2, 0.25) is 0 Å². The van der Waals surface area contributed by atoms with Gasteiger partial charge in [-0.15, -0.1) is 0 Å². The Bertz CT molecular complexity index is 1190. The van der Waals surface area contributed by atoms with E-state index in [4.69, 9.17) is 9.15 Å². The molecule has 0 radical (unpaired) electrons. The van der Waals surface area contributed by atoms with Crippen LogP contribution in [-0.2, 0) is 4.79 Å². The Hall–Kier alpha value is -3.48. The maximum atomic E-state index is 12.8. The van der Waals surface area contributed by atoms with E-state index >= 15 is 0 Å². The molecule has 2 heterocycles. The van der Waals surface area contributed by atoms with Crippen molar-refractivity contribution in [1.82, 2.24) is 0 Å². The fraction of sp³-hybridized carbons (Fsp3) is 0.273. The summed E-state index contributed by atoms with van der Waals surface area (Å²) in [5, 5.41) is 29.7. The number of hydrogen-bond acceptors (Lipinski definition) is 7. The highest BCUT2D eigenvalue weighted by molar-refractivity contribution is 5.92. The highest BCUT2D eigenvalue weighted by atomic mass is 16.5. The number of ether oxygens (including phenoxy) is 1. The third-order valence-electron chi connectivity index (χ3n) is 5.04. The van der Waals surface area contributed by atoms with Crippen LogP contribution in [0.1, 0.15) is 38.2 Å². The number of fused-ring (bicyclic) bond motifs is 3. The predicted octanol–water partition coefficient (Wildman–Crippen LogP) is 4.02. The van der Waals surface area contributed by atoms with E-state index in [2.05, 4.69) is 0 Å². The Morgan fingerprint density at radius 1 is 1.03 bits per heavy atom. The lowest BCUT2D eigenvalue weighted by Crippen LogP contribution is -2.22. The van der Waals surface area contributed by atoms with Gasteiger partial charge in [0.1, 0.15) is 28.2 Å². The molecule has 0 bridgehead atoms. The first-order chi connectivity index (χ1) is 13.7. The van der Waals surface area contributed by atoms with Gasteiger partial charge in [0.25, 0.3) is 0 Å². The fourth-order valence-corrected chi connectivity index (χ4v) is 3.84. The lowest BCUT2D eigenvalue weighted by Gasteiger charge is -2.26. The first-order valence-electron chi connectivity index (χ1n) is 9.31. The molecule has 1 aliphatic heterocycles. The van der Waals surface area contributed by atoms with Gasteiger partial charge >= 0.3 is 5.97 Å². The molecular formula is C22H20O7. The number of carbonyl (C=O) groups excluding carboxylic acids is 1. The number of esters is 1. The zero-order valence-electron chi connectivity index (χ0n) is 15.9. The molecule has 0 amide bonds. The van der Waals surface area contributed by atoms with E-state index in [1.165, 1.54) is 30.3 Å². The summed E-state index contributed by atoms with van der Waals surface area (Å²) in [6, 6.07) is 6.56. The molecule has 1 aromatic heterocycles. The van der Waals surface area contributed by atoms with Crippen molar-refractivity contribution in [2.75, 3.05) is 0 Å². The minimum Gasteiger partial charge on any atom is -0.507 e. The third kappa shape index (κ3) is 3.29. The normalized spacial score (nSPS) is 16.1. The van der Waals surface area contributed by atoms with Crippen molar-refractivity contribution >= 4 is 16.9 Å². The molecule has 0 saturated heterocycles. The average molecular weight is 396 g/mol. The molecule has 4 rings (SSSR count). The zero-order chi connectivity index (χ0) is 20.9. The first kappa shape index (κ1) is 18.9. The minimum absolute atomic E-state index is 0.0159. The lowest BCUT2D eigenvalue weighted by molar-refractivity contribution is -0.136. The minimum atomic E-state index is -0.464. The molecule has 7 heteroatoms. The SMILES string of the molecule is CC(C)C[C@@H]1CC(=O)Oc2cc(O)c3c(=O)cc(-c4ccc(O)c(O)c4)oc3c21. The molecule has 150 valence electrons. The number of carbonyl (C=O) groups is 1. The molecule has 0 unspecified atom stereocenters. The van der Waals surface area contributed by atoms with E-state index in [9.17, 15) is 24.9 Å². The molecule has 3 aromatic rings. The van der Waals surface area contributed by atoms with Gasteiger partial charge in [0.05, 0.1) is 6.42 Å². The van der Waals surface area contributed by atoms with Crippen molar-refractivity contribution < 1.29 is 29.3 Å². The quantitative estimate of drug-likeness (QED) is 0.348. The molecule has 0 spiro atoms. The molecule has 2 aromatic carbocycles. The molecule has 0 fully saturated rings. The number of benzene rings is 2. The van der Waals surface area contributed by atoms with E-state index in [0.29, 0.717) is 17.5 Å². The maximum absolute atomic E-state index is 12.8. The van der Waals surface area contributed by atoms with Crippen LogP contribution in [0, 0.1) is 5.92 Å². The second-order valence-electron chi connectivity index (χ2n) is 7.69. The predicted molar refractivity (Wildman–Crippen MR) is 105 cm³/mol. The summed E-state index contributed by atoms with van der Waals surface area (Å²) in [6.45, 7) is 4.06. The van der Waals surface area contributed by atoms with E-state index in [-0.39, 0.29) is 58.0 Å². The van der Waals surface area contributed by atoms with Crippen molar-refractivity contribution in [2.45, 2.75) is 32.6 Å². The number of hydrogen-bond donors (Lipinski definition) is 3. The number of aromatic hydroxyl groups is 3. The van der Waals surface area contributed by atoms with Gasteiger partial charge < -0.3 is 24.5 Å². The van der Waals surface area contributed by atoms with Crippen molar-refractivity contribution in [3.63, 3.8) is 0 Å². The van der Waals surface area contributed by atoms with Gasteiger partial charge in [0.2, 0.25) is 0 Å². The number of phenols is 3. The Morgan fingerprint density at radius 3 is 2.48 bits per heavy atom. The summed E-state index contributed by atoms with van der Waals surface area (Å²) in [5.74, 6) is -0.968. The molecule has 7 nitrogen and oxygen atoms in total. The highest BCUT2D eigenvalue weighted by Gasteiger charge is 2.32. The van der Waals surface area contributed by atoms with E-state index in [1.54, 1.807) is 0 Å². The summed E-state index contributed by atoms with van der Waals surface area (Å²) in [6.07, 6.45) is 0.828. The van der Waals surface area contributed by atoms with Crippen LogP contribution in [0.25, 0.3) is 22.3 Å². The monoisotopic (exact) mass is 396 g/mol. The van der Waals surface area contributed by atoms with Gasteiger partial charge in [-0.3, -0.25) is 9.59 Å². The molecule has 3 N–H and O–H groups in total. The Morgan fingerprint density at radius 2 is 1.79 bits per heavy atom. The van der Waals surface area contributed by atoms with Crippen molar-refractivity contribution in [3.8, 4) is 34.3 Å². The van der Waals surface area contributed by atoms with Crippen LogP contribution in [0.4, 0.5) is 0 Å². The highest BCUT2D eigenvalue weighted by Crippen LogP contribution is 2.45. The lowest BCUT2D eigenvalue weighted by atomic mass is 9.84. The summed E-state index contributed by atoms with van der Waals surface area (Å²) in [7, 11) is 0. The van der Waals surface area contributed by atoms with Crippen LogP contribution in [-0.4, -0.2) is 21.3 Å². The van der Waals surface area contributed by atoms with Crippen molar-refractivity contribution in [3.05, 3.63) is 46.1 Å². The summed E-state index contributed by atoms with van der Waals surface area (Å²) >= 11 is 0. The molecule has 0 aliphatic carbocycles. The standard InChI is InChI=1S/C22H20O7/c1-10(2)5-12-7-19(27)28-18-9-16(26)21-15(25)8-17(29-22(21)20(12)18)11-3-4-13(23)14(24)6-11/h3-4,6,8-10,12,23-24,26H,5,7H2,1-2H3/t12-/m1/s1. The molecular weight excluding hydrogens is 376 g/mol. The van der Waals surface area contributed by atoms with Crippen LogP contribution >= 0.6 is 0 Å². The van der Waals surface area contributed by atoms with Crippen LogP contribution in [0.5, 0.6) is 23.0 Å². The van der Waals surface area contributed by atoms with Gasteiger partial charge in [0, 0.05) is 29.2 Å². The van der Waals surface area contributed by atoms with Crippen LogP contribution in [0.15, 0.2) is 39.5 Å². The van der Waals surface area contributed by atoms with E-state index in [1.807, 2.05) is 13.8 Å². The molecule has 0 saturated carbocycles. The Kier molecular flexibility index (Phi) is 4.45. The zero-order valence-corrected chi connectivity index (χ0v) is 15.9.